The fraction of sp³-hybridized carbons (Fsp3) is 0.440. The minimum absolute atomic E-state index is 0.211. The van der Waals surface area contributed by atoms with Crippen molar-refractivity contribution in [3.8, 4) is 6.07 Å². The second kappa shape index (κ2) is 9.85. The summed E-state index contributed by atoms with van der Waals surface area (Å²) in [4.78, 5) is 30.4. The number of halogens is 2. The maximum absolute atomic E-state index is 13.6. The Morgan fingerprint density at radius 3 is 2.76 bits per heavy atom. The highest BCUT2D eigenvalue weighted by Crippen LogP contribution is 2.31. The van der Waals surface area contributed by atoms with Gasteiger partial charge in [0.1, 0.15) is 6.04 Å². The zero-order chi connectivity index (χ0) is 24.3. The van der Waals surface area contributed by atoms with Crippen LogP contribution in [0.15, 0.2) is 36.5 Å². The molecule has 0 radical (unpaired) electrons. The number of likely N-dealkylation sites (tertiary alicyclic amines) is 1. The van der Waals surface area contributed by atoms with Gasteiger partial charge in [-0.1, -0.05) is 18.2 Å². The number of carbonyl (C=O) groups is 2. The van der Waals surface area contributed by atoms with E-state index < -0.39 is 43.3 Å². The number of aromatic nitrogens is 1. The standard InChI is InChI=1S/C25H26F2N4O3/c26-25(27)12-18(13-28)31(15-25)23(33)14-30-24(34)20-9-10-29-22-8-5-17(11-21(20)22)2-1-16-3-6-19(32)7-4-16/h1-2,5,8-11,16,18-19,32H,3-4,6-7,12,14-15H2,(H,30,34)/b2-1+/t16-,18-,19-/m0/s1. The van der Waals surface area contributed by atoms with Crippen LogP contribution in [-0.4, -0.2) is 58.0 Å². The van der Waals surface area contributed by atoms with Crippen molar-refractivity contribution in [2.45, 2.75) is 50.2 Å². The fourth-order valence-corrected chi connectivity index (χ4v) is 4.55. The van der Waals surface area contributed by atoms with E-state index in [0.717, 1.165) is 36.1 Å². The summed E-state index contributed by atoms with van der Waals surface area (Å²) in [5.41, 5.74) is 1.82. The maximum atomic E-state index is 13.6. The number of carbonyl (C=O) groups excluding carboxylic acids is 2. The van der Waals surface area contributed by atoms with Crippen molar-refractivity contribution >= 4 is 28.8 Å². The smallest absolute Gasteiger partial charge is 0.268 e. The van der Waals surface area contributed by atoms with Crippen molar-refractivity contribution in [1.29, 1.82) is 5.26 Å². The zero-order valence-electron chi connectivity index (χ0n) is 18.6. The van der Waals surface area contributed by atoms with Gasteiger partial charge in [0, 0.05) is 18.0 Å². The van der Waals surface area contributed by atoms with Crippen LogP contribution < -0.4 is 5.32 Å². The molecule has 1 aliphatic carbocycles. The van der Waals surface area contributed by atoms with Crippen LogP contribution >= 0.6 is 0 Å². The predicted octanol–water partition coefficient (Wildman–Crippen LogP) is 3.29. The van der Waals surface area contributed by atoms with E-state index in [1.807, 2.05) is 24.3 Å². The summed E-state index contributed by atoms with van der Waals surface area (Å²) in [6, 6.07) is 7.62. The number of nitrogens with zero attached hydrogens (tertiary/aromatic N) is 3. The van der Waals surface area contributed by atoms with Crippen LogP contribution in [0.25, 0.3) is 17.0 Å². The predicted molar refractivity (Wildman–Crippen MR) is 122 cm³/mol. The first-order valence-electron chi connectivity index (χ1n) is 11.4. The largest absolute Gasteiger partial charge is 0.393 e. The average Bonchev–Trinajstić information content (AvgIpc) is 3.16. The van der Waals surface area contributed by atoms with Gasteiger partial charge in [-0.2, -0.15) is 5.26 Å². The molecule has 0 spiro atoms. The van der Waals surface area contributed by atoms with E-state index in [1.54, 1.807) is 12.1 Å². The van der Waals surface area contributed by atoms with Crippen molar-refractivity contribution in [1.82, 2.24) is 15.2 Å². The van der Waals surface area contributed by atoms with Crippen molar-refractivity contribution in [2.75, 3.05) is 13.1 Å². The van der Waals surface area contributed by atoms with Gasteiger partial charge in [0.2, 0.25) is 5.91 Å². The number of nitriles is 1. The Morgan fingerprint density at radius 2 is 2.03 bits per heavy atom. The second-order valence-corrected chi connectivity index (χ2v) is 8.97. The first-order chi connectivity index (χ1) is 16.3. The molecular weight excluding hydrogens is 442 g/mol. The van der Waals surface area contributed by atoms with Crippen molar-refractivity contribution in [3.05, 3.63) is 47.7 Å². The SMILES string of the molecule is N#C[C@@H]1CC(F)(F)CN1C(=O)CNC(=O)c1ccnc2ccc(/C=C/[C@H]3CC[C@H](O)CC3)cc12. The van der Waals surface area contributed by atoms with E-state index in [9.17, 15) is 23.5 Å². The summed E-state index contributed by atoms with van der Waals surface area (Å²) >= 11 is 0. The molecule has 1 saturated heterocycles. The van der Waals surface area contributed by atoms with E-state index >= 15 is 0 Å². The van der Waals surface area contributed by atoms with E-state index in [2.05, 4.69) is 16.4 Å². The molecule has 2 N–H and O–H groups in total. The molecule has 1 atom stereocenters. The fourth-order valence-electron chi connectivity index (χ4n) is 4.55. The Morgan fingerprint density at radius 1 is 1.26 bits per heavy atom. The molecule has 1 aromatic carbocycles. The van der Waals surface area contributed by atoms with Crippen LogP contribution in [0.5, 0.6) is 0 Å². The van der Waals surface area contributed by atoms with Gasteiger partial charge >= 0.3 is 0 Å². The van der Waals surface area contributed by atoms with Crippen LogP contribution in [0.3, 0.4) is 0 Å². The van der Waals surface area contributed by atoms with E-state index in [4.69, 9.17) is 5.26 Å². The van der Waals surface area contributed by atoms with Crippen LogP contribution in [0.4, 0.5) is 8.78 Å². The molecule has 2 fully saturated rings. The summed E-state index contributed by atoms with van der Waals surface area (Å²) in [5.74, 6) is -3.96. The minimum atomic E-state index is -3.11. The zero-order valence-corrected chi connectivity index (χ0v) is 18.6. The lowest BCUT2D eigenvalue weighted by Crippen LogP contribution is -2.43. The number of nitrogens with one attached hydrogen (secondary N) is 1. The number of alkyl halides is 2. The maximum Gasteiger partial charge on any atom is 0.268 e. The Hall–Kier alpha value is -3.38. The molecule has 1 saturated carbocycles. The highest BCUT2D eigenvalue weighted by Gasteiger charge is 2.47. The van der Waals surface area contributed by atoms with Crippen LogP contribution in [0.2, 0.25) is 0 Å². The number of aliphatic hydroxyl groups is 1. The number of hydrogen-bond donors (Lipinski definition) is 2. The van der Waals surface area contributed by atoms with Crippen LogP contribution in [0, 0.1) is 17.2 Å². The third-order valence-corrected chi connectivity index (χ3v) is 6.45. The number of amides is 2. The second-order valence-electron chi connectivity index (χ2n) is 8.97. The summed E-state index contributed by atoms with van der Waals surface area (Å²) in [6.45, 7) is -1.31. The lowest BCUT2D eigenvalue weighted by atomic mass is 9.87. The molecule has 34 heavy (non-hydrogen) atoms. The molecule has 2 heterocycles. The van der Waals surface area contributed by atoms with Gasteiger partial charge < -0.3 is 15.3 Å². The van der Waals surface area contributed by atoms with Gasteiger partial charge in [0.15, 0.2) is 0 Å². The first kappa shape index (κ1) is 23.8. The Balaban J connectivity index is 1.45. The number of hydrogen-bond acceptors (Lipinski definition) is 5. The monoisotopic (exact) mass is 468 g/mol. The molecule has 2 aliphatic rings. The summed E-state index contributed by atoms with van der Waals surface area (Å²) in [6.07, 6.45) is 8.17. The summed E-state index contributed by atoms with van der Waals surface area (Å²) < 4.78 is 27.2. The number of pyridine rings is 1. The van der Waals surface area contributed by atoms with Gasteiger partial charge in [0.25, 0.3) is 11.8 Å². The summed E-state index contributed by atoms with van der Waals surface area (Å²) in [5, 5.41) is 21.8. The highest BCUT2D eigenvalue weighted by atomic mass is 19.3. The van der Waals surface area contributed by atoms with Crippen molar-refractivity contribution < 1.29 is 23.5 Å². The van der Waals surface area contributed by atoms with Gasteiger partial charge in [-0.3, -0.25) is 14.6 Å². The molecule has 2 amide bonds. The Bertz CT molecular complexity index is 1150. The molecule has 0 unspecified atom stereocenters. The topological polar surface area (TPSA) is 106 Å². The molecule has 1 aliphatic heterocycles. The van der Waals surface area contributed by atoms with Gasteiger partial charge in [-0.25, -0.2) is 8.78 Å². The Kier molecular flexibility index (Phi) is 6.89. The highest BCUT2D eigenvalue weighted by molar-refractivity contribution is 6.07. The number of fused-ring (bicyclic) bond motifs is 1. The van der Waals surface area contributed by atoms with Gasteiger partial charge in [-0.15, -0.1) is 0 Å². The molecule has 9 heteroatoms. The third-order valence-electron chi connectivity index (χ3n) is 6.45. The third kappa shape index (κ3) is 5.39. The molecule has 178 valence electrons. The van der Waals surface area contributed by atoms with E-state index in [1.165, 1.54) is 6.20 Å². The van der Waals surface area contributed by atoms with Gasteiger partial charge in [-0.05, 0) is 55.4 Å². The molecular formula is C25H26F2N4O3. The number of allylic oxidation sites excluding steroid dienone is 1. The number of benzene rings is 1. The van der Waals surface area contributed by atoms with E-state index in [-0.39, 0.29) is 6.10 Å². The minimum Gasteiger partial charge on any atom is -0.393 e. The molecule has 7 nitrogen and oxygen atoms in total. The van der Waals surface area contributed by atoms with Crippen molar-refractivity contribution in [3.63, 3.8) is 0 Å². The average molecular weight is 469 g/mol. The van der Waals surface area contributed by atoms with E-state index in [0.29, 0.717) is 22.4 Å². The number of rotatable bonds is 5. The molecule has 1 aromatic heterocycles. The quantitative estimate of drug-likeness (QED) is 0.701. The molecule has 4 rings (SSSR count). The van der Waals surface area contributed by atoms with Crippen LogP contribution in [-0.2, 0) is 4.79 Å². The summed E-state index contributed by atoms with van der Waals surface area (Å²) in [7, 11) is 0. The van der Waals surface area contributed by atoms with Crippen molar-refractivity contribution in [2.24, 2.45) is 5.92 Å². The molecule has 2 aromatic rings. The van der Waals surface area contributed by atoms with Gasteiger partial charge in [0.05, 0.1) is 36.3 Å². The lowest BCUT2D eigenvalue weighted by Gasteiger charge is -2.22. The molecule has 0 bridgehead atoms. The Labute approximate surface area is 196 Å². The normalized spacial score (nSPS) is 24.3. The lowest BCUT2D eigenvalue weighted by molar-refractivity contribution is -0.131. The number of aliphatic hydroxyl groups excluding tert-OH is 1. The van der Waals surface area contributed by atoms with Crippen LogP contribution in [0.1, 0.15) is 48.0 Å². The first-order valence-corrected chi connectivity index (χ1v) is 11.4.